The number of amides is 1. The van der Waals surface area contributed by atoms with Gasteiger partial charge in [0.1, 0.15) is 16.4 Å². The lowest BCUT2D eigenvalue weighted by Crippen LogP contribution is -2.28. The molecule has 36 heavy (non-hydrogen) atoms. The van der Waals surface area contributed by atoms with Gasteiger partial charge in [-0.15, -0.1) is 22.7 Å². The standard InChI is InChI=1S/C27H27N3O4S2/c1-4-34-27(33)22-18-7-5-6-8-19(18)36-25(22)29-20(31)13-30-14-28-24-23(26(30)32)21(16(3)35-24)17-11-9-15(2)10-12-17/h9-12,14H,4-8,13H2,1-3H3,(H,29,31). The number of fused-ring (bicyclic) bond motifs is 2. The van der Waals surface area contributed by atoms with Crippen molar-refractivity contribution < 1.29 is 14.3 Å². The highest BCUT2D eigenvalue weighted by Gasteiger charge is 2.27. The summed E-state index contributed by atoms with van der Waals surface area (Å²) in [5, 5.41) is 3.91. The molecule has 0 aliphatic heterocycles. The summed E-state index contributed by atoms with van der Waals surface area (Å²) in [6.45, 7) is 5.83. The molecule has 1 amide bonds. The highest BCUT2D eigenvalue weighted by Crippen LogP contribution is 2.39. The number of nitrogens with one attached hydrogen (secondary N) is 1. The number of anilines is 1. The average Bonchev–Trinajstić information content (AvgIpc) is 3.38. The van der Waals surface area contributed by atoms with Gasteiger partial charge in [-0.3, -0.25) is 14.2 Å². The van der Waals surface area contributed by atoms with E-state index in [4.69, 9.17) is 4.74 Å². The molecule has 0 radical (unpaired) electrons. The molecule has 186 valence electrons. The number of ether oxygens (including phenoxy) is 1. The molecule has 9 heteroatoms. The first-order chi connectivity index (χ1) is 17.4. The number of esters is 1. The SMILES string of the molecule is CCOC(=O)c1c(NC(=O)Cn2cnc3sc(C)c(-c4ccc(C)cc4)c3c2=O)sc2c1CCCC2. The highest BCUT2D eigenvalue weighted by atomic mass is 32.1. The maximum absolute atomic E-state index is 13.5. The van der Waals surface area contributed by atoms with Crippen LogP contribution in [0.5, 0.6) is 0 Å². The predicted octanol–water partition coefficient (Wildman–Crippen LogP) is 5.50. The fourth-order valence-electron chi connectivity index (χ4n) is 4.71. The largest absolute Gasteiger partial charge is 0.462 e. The number of rotatable bonds is 6. The predicted molar refractivity (Wildman–Crippen MR) is 144 cm³/mol. The van der Waals surface area contributed by atoms with E-state index in [1.165, 1.54) is 33.6 Å². The van der Waals surface area contributed by atoms with Gasteiger partial charge in [0.25, 0.3) is 5.56 Å². The maximum Gasteiger partial charge on any atom is 0.341 e. The zero-order chi connectivity index (χ0) is 25.4. The molecule has 3 aromatic heterocycles. The number of thiophene rings is 2. The molecule has 0 spiro atoms. The van der Waals surface area contributed by atoms with Gasteiger partial charge in [-0.2, -0.15) is 0 Å². The van der Waals surface area contributed by atoms with Gasteiger partial charge >= 0.3 is 5.97 Å². The van der Waals surface area contributed by atoms with Crippen LogP contribution in [0.25, 0.3) is 21.3 Å². The summed E-state index contributed by atoms with van der Waals surface area (Å²) in [7, 11) is 0. The normalized spacial score (nSPS) is 13.0. The van der Waals surface area contributed by atoms with E-state index in [1.807, 2.05) is 38.1 Å². The van der Waals surface area contributed by atoms with E-state index in [1.54, 1.807) is 6.92 Å². The second kappa shape index (κ2) is 9.99. The minimum Gasteiger partial charge on any atom is -0.462 e. The van der Waals surface area contributed by atoms with Crippen LogP contribution in [0.4, 0.5) is 5.00 Å². The van der Waals surface area contributed by atoms with Gasteiger partial charge < -0.3 is 10.1 Å². The Morgan fingerprint density at radius 3 is 2.61 bits per heavy atom. The van der Waals surface area contributed by atoms with Crippen LogP contribution >= 0.6 is 22.7 Å². The molecule has 1 aromatic carbocycles. The minimum absolute atomic E-state index is 0.200. The van der Waals surface area contributed by atoms with E-state index in [2.05, 4.69) is 10.3 Å². The third-order valence-electron chi connectivity index (χ3n) is 6.41. The average molecular weight is 522 g/mol. The molecule has 0 unspecified atom stereocenters. The summed E-state index contributed by atoms with van der Waals surface area (Å²) in [5.41, 5.74) is 4.14. The maximum atomic E-state index is 13.5. The lowest BCUT2D eigenvalue weighted by molar-refractivity contribution is -0.116. The monoisotopic (exact) mass is 521 g/mol. The van der Waals surface area contributed by atoms with Crippen molar-refractivity contribution in [3.8, 4) is 11.1 Å². The van der Waals surface area contributed by atoms with Gasteiger partial charge in [0.2, 0.25) is 5.91 Å². The van der Waals surface area contributed by atoms with E-state index in [-0.39, 0.29) is 24.6 Å². The van der Waals surface area contributed by atoms with Crippen molar-refractivity contribution in [3.05, 3.63) is 67.4 Å². The highest BCUT2D eigenvalue weighted by molar-refractivity contribution is 7.19. The van der Waals surface area contributed by atoms with Crippen LogP contribution < -0.4 is 10.9 Å². The molecule has 0 fully saturated rings. The molecule has 4 aromatic rings. The Kier molecular flexibility index (Phi) is 6.77. The van der Waals surface area contributed by atoms with Gasteiger partial charge in [0, 0.05) is 15.3 Å². The Bertz CT molecular complexity index is 1530. The van der Waals surface area contributed by atoms with Crippen molar-refractivity contribution in [1.82, 2.24) is 9.55 Å². The Hall–Kier alpha value is -3.30. The van der Waals surface area contributed by atoms with Gasteiger partial charge in [-0.05, 0) is 57.6 Å². The molecule has 1 aliphatic rings. The number of carbonyl (C=O) groups is 2. The van der Waals surface area contributed by atoms with E-state index in [0.717, 1.165) is 57.7 Å². The topological polar surface area (TPSA) is 90.3 Å². The number of nitrogens with zero attached hydrogens (tertiary/aromatic N) is 2. The van der Waals surface area contributed by atoms with E-state index < -0.39 is 5.97 Å². The number of benzene rings is 1. The van der Waals surface area contributed by atoms with Crippen molar-refractivity contribution >= 4 is 49.8 Å². The van der Waals surface area contributed by atoms with Crippen LogP contribution in [0.1, 0.15) is 51.0 Å². The zero-order valence-corrected chi connectivity index (χ0v) is 22.1. The Labute approximate surface area is 216 Å². The molecular weight excluding hydrogens is 494 g/mol. The summed E-state index contributed by atoms with van der Waals surface area (Å²) in [4.78, 5) is 46.5. The molecule has 5 rings (SSSR count). The molecule has 7 nitrogen and oxygen atoms in total. The number of hydrogen-bond acceptors (Lipinski definition) is 7. The summed E-state index contributed by atoms with van der Waals surface area (Å²) in [6, 6.07) is 8.04. The first-order valence-electron chi connectivity index (χ1n) is 12.0. The molecule has 0 saturated heterocycles. The third-order valence-corrected chi connectivity index (χ3v) is 8.63. The molecule has 0 bridgehead atoms. The molecule has 0 saturated carbocycles. The number of aromatic nitrogens is 2. The van der Waals surface area contributed by atoms with Crippen molar-refractivity contribution in [3.63, 3.8) is 0 Å². The summed E-state index contributed by atoms with van der Waals surface area (Å²) in [6.07, 6.45) is 5.18. The Balaban J connectivity index is 1.46. The van der Waals surface area contributed by atoms with Crippen LogP contribution in [0.15, 0.2) is 35.4 Å². The smallest absolute Gasteiger partial charge is 0.341 e. The summed E-state index contributed by atoms with van der Waals surface area (Å²) < 4.78 is 6.61. The second-order valence-corrected chi connectivity index (χ2v) is 11.2. The summed E-state index contributed by atoms with van der Waals surface area (Å²) >= 11 is 2.90. The fraction of sp³-hybridized carbons (Fsp3) is 0.333. The number of hydrogen-bond donors (Lipinski definition) is 1. The lowest BCUT2D eigenvalue weighted by atomic mass is 9.95. The van der Waals surface area contributed by atoms with Crippen LogP contribution in [0, 0.1) is 13.8 Å². The minimum atomic E-state index is -0.413. The lowest BCUT2D eigenvalue weighted by Gasteiger charge is -2.12. The third kappa shape index (κ3) is 4.49. The van der Waals surface area contributed by atoms with E-state index in [0.29, 0.717) is 20.8 Å². The molecule has 3 heterocycles. The van der Waals surface area contributed by atoms with Crippen molar-refractivity contribution in [2.45, 2.75) is 53.0 Å². The van der Waals surface area contributed by atoms with E-state index >= 15 is 0 Å². The first-order valence-corrected chi connectivity index (χ1v) is 13.7. The first kappa shape index (κ1) is 24.4. The summed E-state index contributed by atoms with van der Waals surface area (Å²) in [5.74, 6) is -0.796. The quantitative estimate of drug-likeness (QED) is 0.339. The molecule has 1 N–H and O–H groups in total. The number of carbonyl (C=O) groups excluding carboxylic acids is 2. The fourth-order valence-corrected chi connectivity index (χ4v) is 7.01. The van der Waals surface area contributed by atoms with Gasteiger partial charge in [-0.1, -0.05) is 29.8 Å². The zero-order valence-electron chi connectivity index (χ0n) is 20.5. The molecule has 0 atom stereocenters. The second-order valence-electron chi connectivity index (χ2n) is 8.94. The van der Waals surface area contributed by atoms with Crippen LogP contribution in [0.2, 0.25) is 0 Å². The Morgan fingerprint density at radius 1 is 1.11 bits per heavy atom. The van der Waals surface area contributed by atoms with Crippen LogP contribution in [0.3, 0.4) is 0 Å². The van der Waals surface area contributed by atoms with Crippen LogP contribution in [-0.4, -0.2) is 28.0 Å². The van der Waals surface area contributed by atoms with Crippen LogP contribution in [-0.2, 0) is 28.9 Å². The molecule has 1 aliphatic carbocycles. The van der Waals surface area contributed by atoms with Crippen molar-refractivity contribution in [2.24, 2.45) is 0 Å². The molecular formula is C27H27N3O4S2. The Morgan fingerprint density at radius 2 is 1.86 bits per heavy atom. The van der Waals surface area contributed by atoms with E-state index in [9.17, 15) is 14.4 Å². The van der Waals surface area contributed by atoms with Gasteiger partial charge in [0.15, 0.2) is 0 Å². The van der Waals surface area contributed by atoms with Crippen molar-refractivity contribution in [2.75, 3.05) is 11.9 Å². The van der Waals surface area contributed by atoms with Gasteiger partial charge in [-0.25, -0.2) is 9.78 Å². The number of aryl methyl sites for hydroxylation is 3. The van der Waals surface area contributed by atoms with Gasteiger partial charge in [0.05, 0.1) is 23.9 Å². The van der Waals surface area contributed by atoms with Crippen molar-refractivity contribution in [1.29, 1.82) is 0 Å².